The lowest BCUT2D eigenvalue weighted by molar-refractivity contribution is -0.384. The minimum Gasteiger partial charge on any atom is -0.353 e. The minimum absolute atomic E-state index is 0.0490. The summed E-state index contributed by atoms with van der Waals surface area (Å²) in [5, 5.41) is 20.8. The first-order chi connectivity index (χ1) is 11.2. The standard InChI is InChI=1S/C15H16N6O2/c22-21(23)14-6-4-13(5-7-14)17-18-20-11-9-19(10-12-20)15-3-1-2-8-16-15/h1-8H,9-12H2. The van der Waals surface area contributed by atoms with Crippen LogP contribution in [-0.2, 0) is 0 Å². The molecule has 23 heavy (non-hydrogen) atoms. The van der Waals surface area contributed by atoms with Gasteiger partial charge in [0.05, 0.1) is 23.7 Å². The van der Waals surface area contributed by atoms with Crippen LogP contribution in [0.4, 0.5) is 17.2 Å². The molecule has 0 radical (unpaired) electrons. The first kappa shape index (κ1) is 14.9. The predicted octanol–water partition coefficient (Wildman–Crippen LogP) is 2.81. The van der Waals surface area contributed by atoms with Gasteiger partial charge < -0.3 is 4.90 Å². The molecular weight excluding hydrogens is 296 g/mol. The monoisotopic (exact) mass is 312 g/mol. The zero-order valence-electron chi connectivity index (χ0n) is 12.4. The Labute approximate surface area is 133 Å². The van der Waals surface area contributed by atoms with E-state index in [9.17, 15) is 10.1 Å². The van der Waals surface area contributed by atoms with Crippen molar-refractivity contribution >= 4 is 17.2 Å². The first-order valence-corrected chi connectivity index (χ1v) is 7.29. The summed E-state index contributed by atoms with van der Waals surface area (Å²) in [6.07, 6.45) is 1.79. The Morgan fingerprint density at radius 2 is 1.78 bits per heavy atom. The summed E-state index contributed by atoms with van der Waals surface area (Å²) in [5.41, 5.74) is 0.649. The lowest BCUT2D eigenvalue weighted by atomic mass is 10.3. The normalized spacial score (nSPS) is 15.1. The maximum absolute atomic E-state index is 10.6. The third-order valence-electron chi connectivity index (χ3n) is 3.58. The summed E-state index contributed by atoms with van der Waals surface area (Å²) in [5.74, 6) is 0.972. The Hall–Kier alpha value is -3.03. The molecular formula is C15H16N6O2. The van der Waals surface area contributed by atoms with Crippen molar-refractivity contribution in [2.45, 2.75) is 0 Å². The number of piperazine rings is 1. The molecule has 8 nitrogen and oxygen atoms in total. The number of anilines is 1. The van der Waals surface area contributed by atoms with E-state index < -0.39 is 4.92 Å². The highest BCUT2D eigenvalue weighted by Crippen LogP contribution is 2.19. The van der Waals surface area contributed by atoms with Gasteiger partial charge in [0.25, 0.3) is 5.69 Å². The van der Waals surface area contributed by atoms with Crippen LogP contribution in [0.15, 0.2) is 59.0 Å². The van der Waals surface area contributed by atoms with Gasteiger partial charge in [0.15, 0.2) is 0 Å². The van der Waals surface area contributed by atoms with Gasteiger partial charge in [0.1, 0.15) is 5.82 Å². The summed E-state index contributed by atoms with van der Waals surface area (Å²) in [6.45, 7) is 3.17. The second kappa shape index (κ2) is 6.82. The van der Waals surface area contributed by atoms with E-state index in [0.29, 0.717) is 5.69 Å². The molecule has 0 unspecified atom stereocenters. The SMILES string of the molecule is O=[N+]([O-])c1ccc(N=NN2CCN(c3ccccn3)CC2)cc1. The topological polar surface area (TPSA) is 87.2 Å². The van der Waals surface area contributed by atoms with Gasteiger partial charge in [-0.3, -0.25) is 15.1 Å². The highest BCUT2D eigenvalue weighted by atomic mass is 16.6. The molecule has 0 spiro atoms. The fraction of sp³-hybridized carbons (Fsp3) is 0.267. The van der Waals surface area contributed by atoms with E-state index in [-0.39, 0.29) is 5.69 Å². The average molecular weight is 312 g/mol. The molecule has 2 aromatic rings. The Balaban J connectivity index is 1.55. The van der Waals surface area contributed by atoms with Crippen molar-refractivity contribution in [1.29, 1.82) is 0 Å². The highest BCUT2D eigenvalue weighted by molar-refractivity contribution is 5.43. The van der Waals surface area contributed by atoms with Crippen molar-refractivity contribution in [3.63, 3.8) is 0 Å². The van der Waals surface area contributed by atoms with Gasteiger partial charge in [-0.15, -0.1) is 5.11 Å². The van der Waals surface area contributed by atoms with Gasteiger partial charge in [-0.05, 0) is 24.3 Å². The van der Waals surface area contributed by atoms with Crippen molar-refractivity contribution in [1.82, 2.24) is 9.99 Å². The van der Waals surface area contributed by atoms with Crippen LogP contribution in [0.3, 0.4) is 0 Å². The second-order valence-corrected chi connectivity index (χ2v) is 5.09. The Morgan fingerprint density at radius 1 is 1.04 bits per heavy atom. The fourth-order valence-electron chi connectivity index (χ4n) is 2.31. The molecule has 0 amide bonds. The van der Waals surface area contributed by atoms with Crippen LogP contribution in [0.1, 0.15) is 0 Å². The van der Waals surface area contributed by atoms with Crippen molar-refractivity contribution in [3.05, 3.63) is 58.8 Å². The summed E-state index contributed by atoms with van der Waals surface area (Å²) < 4.78 is 0. The van der Waals surface area contributed by atoms with Gasteiger partial charge in [-0.1, -0.05) is 11.3 Å². The van der Waals surface area contributed by atoms with Crippen LogP contribution in [0.2, 0.25) is 0 Å². The fourth-order valence-corrected chi connectivity index (χ4v) is 2.31. The van der Waals surface area contributed by atoms with E-state index in [1.165, 1.54) is 12.1 Å². The molecule has 3 rings (SSSR count). The summed E-state index contributed by atoms with van der Waals surface area (Å²) in [4.78, 5) is 16.7. The second-order valence-electron chi connectivity index (χ2n) is 5.09. The largest absolute Gasteiger partial charge is 0.353 e. The van der Waals surface area contributed by atoms with Crippen LogP contribution in [-0.4, -0.2) is 41.1 Å². The first-order valence-electron chi connectivity index (χ1n) is 7.29. The van der Waals surface area contributed by atoms with E-state index in [4.69, 9.17) is 0 Å². The zero-order valence-corrected chi connectivity index (χ0v) is 12.4. The Morgan fingerprint density at radius 3 is 2.39 bits per heavy atom. The molecule has 1 saturated heterocycles. The quantitative estimate of drug-likeness (QED) is 0.492. The van der Waals surface area contributed by atoms with Crippen LogP contribution in [0.5, 0.6) is 0 Å². The van der Waals surface area contributed by atoms with E-state index in [1.54, 1.807) is 18.3 Å². The average Bonchev–Trinajstić information content (AvgIpc) is 2.61. The van der Waals surface area contributed by atoms with Crippen LogP contribution in [0, 0.1) is 10.1 Å². The van der Waals surface area contributed by atoms with Crippen LogP contribution in [0.25, 0.3) is 0 Å². The number of benzene rings is 1. The molecule has 1 fully saturated rings. The van der Waals surface area contributed by atoms with Crippen molar-refractivity contribution < 1.29 is 4.92 Å². The number of nitro benzene ring substituents is 1. The number of rotatable bonds is 4. The van der Waals surface area contributed by atoms with E-state index in [1.807, 2.05) is 23.2 Å². The highest BCUT2D eigenvalue weighted by Gasteiger charge is 2.16. The number of hydrogen-bond acceptors (Lipinski definition) is 6. The Kier molecular flexibility index (Phi) is 4.41. The van der Waals surface area contributed by atoms with Crippen molar-refractivity contribution in [2.75, 3.05) is 31.1 Å². The summed E-state index contributed by atoms with van der Waals surface area (Å²) in [7, 11) is 0. The zero-order chi connectivity index (χ0) is 16.1. The Bertz CT molecular complexity index is 681. The van der Waals surface area contributed by atoms with E-state index in [0.717, 1.165) is 32.0 Å². The molecule has 0 saturated carbocycles. The van der Waals surface area contributed by atoms with Gasteiger partial charge >= 0.3 is 0 Å². The van der Waals surface area contributed by atoms with Crippen molar-refractivity contribution in [2.24, 2.45) is 10.3 Å². The molecule has 1 aliphatic heterocycles. The van der Waals surface area contributed by atoms with E-state index in [2.05, 4.69) is 20.2 Å². The molecule has 0 bridgehead atoms. The number of pyridine rings is 1. The van der Waals surface area contributed by atoms with Gasteiger partial charge in [0, 0.05) is 31.4 Å². The molecule has 0 atom stereocenters. The number of nitro groups is 1. The lowest BCUT2D eigenvalue weighted by Gasteiger charge is -2.32. The van der Waals surface area contributed by atoms with Crippen LogP contribution < -0.4 is 4.90 Å². The van der Waals surface area contributed by atoms with Gasteiger partial charge in [-0.25, -0.2) is 4.98 Å². The molecule has 118 valence electrons. The number of non-ortho nitro benzene ring substituents is 1. The molecule has 2 heterocycles. The maximum atomic E-state index is 10.6. The van der Waals surface area contributed by atoms with Gasteiger partial charge in [0.2, 0.25) is 0 Å². The van der Waals surface area contributed by atoms with E-state index >= 15 is 0 Å². The predicted molar refractivity (Wildman–Crippen MR) is 85.6 cm³/mol. The number of nitrogens with zero attached hydrogens (tertiary/aromatic N) is 6. The summed E-state index contributed by atoms with van der Waals surface area (Å²) in [6, 6.07) is 11.9. The minimum atomic E-state index is -0.433. The van der Waals surface area contributed by atoms with Gasteiger partial charge in [-0.2, -0.15) is 0 Å². The summed E-state index contributed by atoms with van der Waals surface area (Å²) >= 11 is 0. The third kappa shape index (κ3) is 3.79. The van der Waals surface area contributed by atoms with Crippen LogP contribution >= 0.6 is 0 Å². The molecule has 0 N–H and O–H groups in total. The number of aromatic nitrogens is 1. The molecule has 8 heteroatoms. The number of hydrogen-bond donors (Lipinski definition) is 0. The molecule has 1 aliphatic rings. The smallest absolute Gasteiger partial charge is 0.269 e. The molecule has 1 aromatic heterocycles. The molecule has 1 aromatic carbocycles. The van der Waals surface area contributed by atoms with Crippen molar-refractivity contribution in [3.8, 4) is 0 Å². The molecule has 0 aliphatic carbocycles. The lowest BCUT2D eigenvalue weighted by Crippen LogP contribution is -2.44. The third-order valence-corrected chi connectivity index (χ3v) is 3.58. The maximum Gasteiger partial charge on any atom is 0.269 e.